The quantitative estimate of drug-likeness (QED) is 0.487. The Labute approximate surface area is 163 Å². The van der Waals surface area contributed by atoms with Crippen molar-refractivity contribution >= 4 is 45.5 Å². The molecule has 2 aromatic rings. The van der Waals surface area contributed by atoms with Crippen molar-refractivity contribution in [2.24, 2.45) is 10.1 Å². The number of thioether (sulfide) groups is 1. The number of nitrogens with zero attached hydrogens (tertiary/aromatic N) is 4. The molecule has 0 spiro atoms. The van der Waals surface area contributed by atoms with Crippen molar-refractivity contribution in [3.8, 4) is 0 Å². The third kappa shape index (κ3) is 3.47. The Morgan fingerprint density at radius 1 is 1.18 bits per heavy atom. The predicted molar refractivity (Wildman–Crippen MR) is 108 cm³/mol. The molecule has 2 heterocycles. The number of aliphatic imine (C=N–C) groups is 1. The molecule has 0 saturated heterocycles. The van der Waals surface area contributed by atoms with Crippen LogP contribution in [0.1, 0.15) is 11.1 Å². The average molecular weight is 391 g/mol. The van der Waals surface area contributed by atoms with Gasteiger partial charge < -0.3 is 0 Å². The van der Waals surface area contributed by atoms with Gasteiger partial charge in [0.25, 0.3) is 11.6 Å². The van der Waals surface area contributed by atoms with Gasteiger partial charge in [0, 0.05) is 18.6 Å². The molecule has 1 N–H and O–H groups in total. The summed E-state index contributed by atoms with van der Waals surface area (Å²) in [6.45, 7) is 0. The number of amidine groups is 2. The molecule has 9 heteroatoms. The number of hydrazone groups is 1. The topological polar surface area (TPSA) is 112 Å². The van der Waals surface area contributed by atoms with E-state index in [2.05, 4.69) is 10.1 Å². The molecule has 1 amide bonds. The summed E-state index contributed by atoms with van der Waals surface area (Å²) >= 11 is 1.26. The lowest BCUT2D eigenvalue weighted by Gasteiger charge is -2.20. The maximum absolute atomic E-state index is 12.4. The van der Waals surface area contributed by atoms with E-state index in [9.17, 15) is 14.9 Å². The van der Waals surface area contributed by atoms with E-state index >= 15 is 0 Å². The molecule has 4 rings (SSSR count). The number of nitro groups is 1. The molecule has 2 aromatic carbocycles. The van der Waals surface area contributed by atoms with E-state index in [1.165, 1.54) is 41.0 Å². The zero-order chi connectivity index (χ0) is 19.7. The summed E-state index contributed by atoms with van der Waals surface area (Å²) in [6, 6.07) is 15.6. The molecule has 0 bridgehead atoms. The number of carbonyl (C=O) groups is 1. The van der Waals surface area contributed by atoms with Gasteiger partial charge in [-0.05, 0) is 29.0 Å². The van der Waals surface area contributed by atoms with E-state index in [-0.39, 0.29) is 17.1 Å². The van der Waals surface area contributed by atoms with Crippen molar-refractivity contribution in [3.05, 3.63) is 81.4 Å². The van der Waals surface area contributed by atoms with Crippen LogP contribution in [0.2, 0.25) is 0 Å². The summed E-state index contributed by atoms with van der Waals surface area (Å²) < 4.78 is 0. The largest absolute Gasteiger partial charge is 0.283 e. The summed E-state index contributed by atoms with van der Waals surface area (Å²) in [7, 11) is 0. The summed E-state index contributed by atoms with van der Waals surface area (Å²) in [5.74, 6) is -0.663. The zero-order valence-electron chi connectivity index (χ0n) is 14.4. The normalized spacial score (nSPS) is 17.4. The molecule has 0 unspecified atom stereocenters. The van der Waals surface area contributed by atoms with Gasteiger partial charge >= 0.3 is 0 Å². The second-order valence-corrected chi connectivity index (χ2v) is 7.07. The molecule has 2 aliphatic heterocycles. The van der Waals surface area contributed by atoms with Crippen LogP contribution in [0.4, 0.5) is 5.69 Å². The Hall–Kier alpha value is -3.59. The lowest BCUT2D eigenvalue weighted by Crippen LogP contribution is -2.35. The second kappa shape index (κ2) is 7.20. The Kier molecular flexibility index (Phi) is 4.58. The van der Waals surface area contributed by atoms with Crippen LogP contribution in [-0.2, 0) is 11.2 Å². The molecule has 2 aliphatic rings. The lowest BCUT2D eigenvalue weighted by atomic mass is 10.1. The number of nitro benzene ring substituents is 1. The number of rotatable bonds is 4. The van der Waals surface area contributed by atoms with Gasteiger partial charge in [-0.25, -0.2) is 0 Å². The van der Waals surface area contributed by atoms with Gasteiger partial charge in [-0.1, -0.05) is 42.5 Å². The van der Waals surface area contributed by atoms with E-state index in [0.717, 1.165) is 10.6 Å². The fourth-order valence-electron chi connectivity index (χ4n) is 2.77. The number of non-ortho nitro benzene ring substituents is 1. The van der Waals surface area contributed by atoms with Crippen molar-refractivity contribution in [1.82, 2.24) is 5.01 Å². The van der Waals surface area contributed by atoms with Crippen molar-refractivity contribution in [1.29, 1.82) is 5.41 Å². The van der Waals surface area contributed by atoms with Crippen molar-refractivity contribution in [2.75, 3.05) is 0 Å². The number of nitrogens with one attached hydrogen (secondary N) is 1. The molecule has 138 valence electrons. The standard InChI is InChI=1S/C19H13N5O3S/c20-17-15(10-13-7-4-8-14(9-13)24(26)27)18(25)21-19-23(17)22-16(28-19)11-12-5-2-1-3-6-12/h1-10,20H,11H2. The molecule has 8 nitrogen and oxygen atoms in total. The Morgan fingerprint density at radius 3 is 2.71 bits per heavy atom. The van der Waals surface area contributed by atoms with Crippen LogP contribution in [0, 0.1) is 15.5 Å². The molecule has 0 saturated carbocycles. The summed E-state index contributed by atoms with van der Waals surface area (Å²) in [4.78, 5) is 26.9. The summed E-state index contributed by atoms with van der Waals surface area (Å²) in [6.07, 6.45) is 2.00. The third-order valence-corrected chi connectivity index (χ3v) is 4.99. The van der Waals surface area contributed by atoms with Gasteiger partial charge in [0.2, 0.25) is 5.17 Å². The maximum atomic E-state index is 12.4. The van der Waals surface area contributed by atoms with Crippen molar-refractivity contribution in [2.45, 2.75) is 6.42 Å². The molecular formula is C19H13N5O3S. The summed E-state index contributed by atoms with van der Waals surface area (Å²) in [5, 5.41) is 26.1. The fraction of sp³-hybridized carbons (Fsp3) is 0.0526. The summed E-state index contributed by atoms with van der Waals surface area (Å²) in [5.41, 5.74) is 1.46. The van der Waals surface area contributed by atoms with Gasteiger partial charge in [-0.15, -0.1) is 0 Å². The van der Waals surface area contributed by atoms with Crippen LogP contribution in [-0.4, -0.2) is 31.9 Å². The minimum atomic E-state index is -0.564. The van der Waals surface area contributed by atoms with Crippen LogP contribution in [0.15, 0.2) is 70.3 Å². The third-order valence-electron chi connectivity index (χ3n) is 4.09. The first-order valence-corrected chi connectivity index (χ1v) is 9.10. The van der Waals surface area contributed by atoms with Gasteiger partial charge in [0.05, 0.1) is 10.5 Å². The maximum Gasteiger partial charge on any atom is 0.283 e. The highest BCUT2D eigenvalue weighted by Gasteiger charge is 2.35. The highest BCUT2D eigenvalue weighted by Crippen LogP contribution is 2.29. The fourth-order valence-corrected chi connectivity index (χ4v) is 3.69. The SMILES string of the molecule is N=C1C(=Cc2cccc([N+](=O)[O-])c2)C(=O)N=C2SC(Cc3ccccc3)=NN12. The number of benzene rings is 2. The van der Waals surface area contributed by atoms with Crippen LogP contribution < -0.4 is 0 Å². The highest BCUT2D eigenvalue weighted by molar-refractivity contribution is 8.26. The van der Waals surface area contributed by atoms with Gasteiger partial charge in [0.15, 0.2) is 5.84 Å². The first kappa shape index (κ1) is 17.8. The van der Waals surface area contributed by atoms with Crippen LogP contribution >= 0.6 is 11.8 Å². The van der Waals surface area contributed by atoms with Crippen LogP contribution in [0.25, 0.3) is 6.08 Å². The Balaban J connectivity index is 1.62. The minimum Gasteiger partial charge on any atom is -0.282 e. The van der Waals surface area contributed by atoms with E-state index in [1.807, 2.05) is 30.3 Å². The highest BCUT2D eigenvalue weighted by atomic mass is 32.2. The first-order valence-electron chi connectivity index (χ1n) is 8.29. The number of hydrogen-bond acceptors (Lipinski definition) is 6. The van der Waals surface area contributed by atoms with E-state index in [0.29, 0.717) is 17.2 Å². The Bertz CT molecular complexity index is 1090. The number of carbonyl (C=O) groups excluding carboxylic acids is 1. The van der Waals surface area contributed by atoms with E-state index in [1.54, 1.807) is 6.07 Å². The molecule has 28 heavy (non-hydrogen) atoms. The van der Waals surface area contributed by atoms with Gasteiger partial charge in [0.1, 0.15) is 5.04 Å². The average Bonchev–Trinajstić information content (AvgIpc) is 3.08. The van der Waals surface area contributed by atoms with Crippen LogP contribution in [0.3, 0.4) is 0 Å². The lowest BCUT2D eigenvalue weighted by molar-refractivity contribution is -0.384. The first-order chi connectivity index (χ1) is 13.5. The second-order valence-electron chi connectivity index (χ2n) is 6.03. The number of fused-ring (bicyclic) bond motifs is 1. The van der Waals surface area contributed by atoms with Crippen molar-refractivity contribution in [3.63, 3.8) is 0 Å². The molecule has 0 radical (unpaired) electrons. The molecular weight excluding hydrogens is 378 g/mol. The Morgan fingerprint density at radius 2 is 1.96 bits per heavy atom. The van der Waals surface area contributed by atoms with Gasteiger partial charge in [-0.3, -0.25) is 20.3 Å². The van der Waals surface area contributed by atoms with E-state index in [4.69, 9.17) is 5.41 Å². The monoisotopic (exact) mass is 391 g/mol. The van der Waals surface area contributed by atoms with Crippen LogP contribution in [0.5, 0.6) is 0 Å². The molecule has 0 aromatic heterocycles. The molecule has 0 aliphatic carbocycles. The van der Waals surface area contributed by atoms with Crippen molar-refractivity contribution < 1.29 is 9.72 Å². The molecule has 0 fully saturated rings. The minimum absolute atomic E-state index is 0.0366. The van der Waals surface area contributed by atoms with E-state index < -0.39 is 10.8 Å². The zero-order valence-corrected chi connectivity index (χ0v) is 15.2. The molecule has 0 atom stereocenters. The smallest absolute Gasteiger partial charge is 0.282 e. The van der Waals surface area contributed by atoms with Gasteiger partial charge in [-0.2, -0.15) is 15.1 Å². The number of amides is 1. The predicted octanol–water partition coefficient (Wildman–Crippen LogP) is 3.46. The number of hydrogen-bond donors (Lipinski definition) is 1.